The van der Waals surface area contributed by atoms with E-state index >= 15 is 0 Å². The molecular weight excluding hydrogens is 400 g/mol. The molecule has 0 bridgehead atoms. The van der Waals surface area contributed by atoms with Crippen LogP contribution in [0.2, 0.25) is 4.34 Å². The van der Waals surface area contributed by atoms with Crippen LogP contribution in [0.5, 0.6) is 5.75 Å². The number of carbonyl (C=O) groups excluding carboxylic acids is 1. The molecule has 0 spiro atoms. The molecule has 2 aromatic rings. The van der Waals surface area contributed by atoms with Gasteiger partial charge in [0.15, 0.2) is 0 Å². The van der Waals surface area contributed by atoms with Gasteiger partial charge in [-0.25, -0.2) is 9.78 Å². The molecule has 1 saturated heterocycles. The fourth-order valence-electron chi connectivity index (χ4n) is 2.89. The van der Waals surface area contributed by atoms with Crippen LogP contribution in [-0.2, 0) is 9.47 Å². The van der Waals surface area contributed by atoms with Gasteiger partial charge >= 0.3 is 6.09 Å². The minimum absolute atomic E-state index is 0.0414. The van der Waals surface area contributed by atoms with Gasteiger partial charge in [0, 0.05) is 24.1 Å². The molecule has 1 aromatic carbocycles. The summed E-state index contributed by atoms with van der Waals surface area (Å²) in [5.74, 6) is 0.812. The van der Waals surface area contributed by atoms with Crippen molar-refractivity contribution in [3.63, 3.8) is 0 Å². The first kappa shape index (κ1) is 20.9. The number of rotatable bonds is 5. The first-order valence-electron chi connectivity index (χ1n) is 9.22. The Morgan fingerprint density at radius 3 is 2.75 bits per heavy atom. The second kappa shape index (κ2) is 9.11. The summed E-state index contributed by atoms with van der Waals surface area (Å²) in [6.07, 6.45) is 1.97. The van der Waals surface area contributed by atoms with Crippen LogP contribution in [0.1, 0.15) is 27.2 Å². The summed E-state index contributed by atoms with van der Waals surface area (Å²) in [5, 5.41) is 3.83. The van der Waals surface area contributed by atoms with Crippen LogP contribution in [-0.4, -0.2) is 42.5 Å². The number of thiazole rings is 1. The highest BCUT2D eigenvalue weighted by molar-refractivity contribution is 7.18. The number of hydrogen-bond acceptors (Lipinski definition) is 6. The summed E-state index contributed by atoms with van der Waals surface area (Å²) in [5.41, 5.74) is 0.472. The molecule has 1 fully saturated rings. The van der Waals surface area contributed by atoms with Gasteiger partial charge in [0.05, 0.1) is 19.4 Å². The molecule has 8 heteroatoms. The first-order valence-corrected chi connectivity index (χ1v) is 10.4. The monoisotopic (exact) mass is 424 g/mol. The number of nitrogens with one attached hydrogen (secondary N) is 1. The molecule has 1 aromatic heterocycles. The van der Waals surface area contributed by atoms with Gasteiger partial charge in [-0.15, -0.1) is 11.3 Å². The first-order chi connectivity index (χ1) is 13.3. The maximum absolute atomic E-state index is 12.1. The number of hydrogen-bond donors (Lipinski definition) is 1. The van der Waals surface area contributed by atoms with E-state index in [9.17, 15) is 4.79 Å². The Balaban J connectivity index is 1.55. The zero-order valence-electron chi connectivity index (χ0n) is 16.2. The largest absolute Gasteiger partial charge is 0.493 e. The van der Waals surface area contributed by atoms with Crippen LogP contribution in [0.3, 0.4) is 0 Å². The van der Waals surface area contributed by atoms with Crippen molar-refractivity contribution in [2.24, 2.45) is 5.92 Å². The Morgan fingerprint density at radius 1 is 1.36 bits per heavy atom. The fourth-order valence-corrected chi connectivity index (χ4v) is 3.81. The van der Waals surface area contributed by atoms with Gasteiger partial charge in [0.2, 0.25) is 0 Å². The van der Waals surface area contributed by atoms with Crippen LogP contribution in [0.25, 0.3) is 10.6 Å². The van der Waals surface area contributed by atoms with Gasteiger partial charge in [-0.1, -0.05) is 11.6 Å². The van der Waals surface area contributed by atoms with E-state index in [4.69, 9.17) is 25.8 Å². The average molecular weight is 425 g/mol. The number of amides is 1. The number of aromatic nitrogens is 1. The SMILES string of the molecule is CC(C)(C)OC(=O)NC1CCOCC1COc1ccc(-c2ncc(Cl)s2)cc1. The van der Waals surface area contributed by atoms with Crippen molar-refractivity contribution in [3.8, 4) is 16.3 Å². The molecule has 152 valence electrons. The van der Waals surface area contributed by atoms with Crippen molar-refractivity contribution in [2.45, 2.75) is 38.8 Å². The summed E-state index contributed by atoms with van der Waals surface area (Å²) >= 11 is 7.38. The van der Waals surface area contributed by atoms with Crippen molar-refractivity contribution in [1.29, 1.82) is 0 Å². The van der Waals surface area contributed by atoms with Gasteiger partial charge in [-0.05, 0) is 51.5 Å². The van der Waals surface area contributed by atoms with E-state index in [1.165, 1.54) is 11.3 Å². The molecule has 2 atom stereocenters. The van der Waals surface area contributed by atoms with E-state index in [1.54, 1.807) is 6.20 Å². The minimum Gasteiger partial charge on any atom is -0.493 e. The standard InChI is InChI=1S/C20H25ClN2O4S/c1-20(2,3)27-19(24)23-16-8-9-25-11-14(16)12-26-15-6-4-13(5-7-15)18-22-10-17(21)28-18/h4-7,10,14,16H,8-9,11-12H2,1-3H3,(H,23,24). The molecule has 28 heavy (non-hydrogen) atoms. The summed E-state index contributed by atoms with van der Waals surface area (Å²) in [6.45, 7) is 7.14. The molecule has 1 aliphatic heterocycles. The lowest BCUT2D eigenvalue weighted by Crippen LogP contribution is -2.48. The second-order valence-corrected chi connectivity index (χ2v) is 9.34. The topological polar surface area (TPSA) is 69.7 Å². The van der Waals surface area contributed by atoms with Crippen molar-refractivity contribution in [1.82, 2.24) is 10.3 Å². The van der Waals surface area contributed by atoms with Crippen LogP contribution in [0.15, 0.2) is 30.5 Å². The molecule has 6 nitrogen and oxygen atoms in total. The molecule has 2 unspecified atom stereocenters. The molecule has 1 amide bonds. The summed E-state index contributed by atoms with van der Waals surface area (Å²) < 4.78 is 17.5. The van der Waals surface area contributed by atoms with Gasteiger partial charge in [-0.2, -0.15) is 0 Å². The second-order valence-electron chi connectivity index (χ2n) is 7.68. The third kappa shape index (κ3) is 6.09. The highest BCUT2D eigenvalue weighted by Gasteiger charge is 2.29. The predicted molar refractivity (Wildman–Crippen MR) is 110 cm³/mol. The van der Waals surface area contributed by atoms with E-state index < -0.39 is 11.7 Å². The molecule has 1 N–H and O–H groups in total. The lowest BCUT2D eigenvalue weighted by molar-refractivity contribution is 0.00439. The maximum atomic E-state index is 12.1. The summed E-state index contributed by atoms with van der Waals surface area (Å²) in [6, 6.07) is 7.69. The van der Waals surface area contributed by atoms with Crippen molar-refractivity contribution < 1.29 is 19.0 Å². The Kier molecular flexibility index (Phi) is 6.80. The molecule has 0 saturated carbocycles. The minimum atomic E-state index is -0.523. The molecule has 1 aliphatic rings. The molecule has 2 heterocycles. The lowest BCUT2D eigenvalue weighted by atomic mass is 9.97. The predicted octanol–water partition coefficient (Wildman–Crippen LogP) is 4.77. The molecular formula is C20H25ClN2O4S. The molecule has 0 aliphatic carbocycles. The lowest BCUT2D eigenvalue weighted by Gasteiger charge is -2.32. The molecule has 3 rings (SSSR count). The van der Waals surface area contributed by atoms with Gasteiger partial charge < -0.3 is 19.5 Å². The van der Waals surface area contributed by atoms with E-state index in [0.29, 0.717) is 24.2 Å². The number of ether oxygens (including phenoxy) is 3. The van der Waals surface area contributed by atoms with E-state index in [2.05, 4.69) is 10.3 Å². The van der Waals surface area contributed by atoms with Gasteiger partial charge in [0.25, 0.3) is 0 Å². The summed E-state index contributed by atoms with van der Waals surface area (Å²) in [7, 11) is 0. The zero-order chi connectivity index (χ0) is 20.1. The smallest absolute Gasteiger partial charge is 0.407 e. The Bertz CT molecular complexity index is 788. The highest BCUT2D eigenvalue weighted by atomic mass is 35.5. The van der Waals surface area contributed by atoms with Crippen LogP contribution < -0.4 is 10.1 Å². The number of carbonyl (C=O) groups is 1. The quantitative estimate of drug-likeness (QED) is 0.748. The Labute approximate surface area is 174 Å². The van der Waals surface area contributed by atoms with Crippen molar-refractivity contribution >= 4 is 29.0 Å². The van der Waals surface area contributed by atoms with E-state index in [0.717, 1.165) is 22.7 Å². The van der Waals surface area contributed by atoms with Crippen molar-refractivity contribution in [3.05, 3.63) is 34.8 Å². The van der Waals surface area contributed by atoms with E-state index in [1.807, 2.05) is 45.0 Å². The number of alkyl carbamates (subject to hydrolysis) is 1. The third-order valence-corrected chi connectivity index (χ3v) is 5.38. The number of halogens is 1. The number of nitrogens with zero attached hydrogens (tertiary/aromatic N) is 1. The molecule has 0 radical (unpaired) electrons. The fraction of sp³-hybridized carbons (Fsp3) is 0.500. The zero-order valence-corrected chi connectivity index (χ0v) is 17.8. The Hall–Kier alpha value is -1.83. The maximum Gasteiger partial charge on any atom is 0.407 e. The highest BCUT2D eigenvalue weighted by Crippen LogP contribution is 2.29. The summed E-state index contributed by atoms with van der Waals surface area (Å²) in [4.78, 5) is 16.4. The Morgan fingerprint density at radius 2 is 2.11 bits per heavy atom. The normalized spacial score (nSPS) is 19.9. The third-order valence-electron chi connectivity index (χ3n) is 4.22. The number of benzene rings is 1. The van der Waals surface area contributed by atoms with Crippen molar-refractivity contribution in [2.75, 3.05) is 19.8 Å². The van der Waals surface area contributed by atoms with Crippen LogP contribution in [0.4, 0.5) is 4.79 Å². The van der Waals surface area contributed by atoms with Crippen LogP contribution in [0, 0.1) is 5.92 Å². The van der Waals surface area contributed by atoms with E-state index in [-0.39, 0.29) is 12.0 Å². The average Bonchev–Trinajstić information content (AvgIpc) is 3.06. The van der Waals surface area contributed by atoms with Crippen LogP contribution >= 0.6 is 22.9 Å². The van der Waals surface area contributed by atoms with Gasteiger partial charge in [0.1, 0.15) is 20.7 Å². The van der Waals surface area contributed by atoms with Gasteiger partial charge in [-0.3, -0.25) is 0 Å².